The Morgan fingerprint density at radius 1 is 1.10 bits per heavy atom. The van der Waals surface area contributed by atoms with E-state index in [2.05, 4.69) is 5.32 Å². The van der Waals surface area contributed by atoms with Crippen LogP contribution in [-0.2, 0) is 6.42 Å². The average molecular weight is 326 g/mol. The first-order valence-electron chi connectivity index (χ1n) is 7.01. The SMILES string of the molecule is CCNCC(Cc1c(Cl)cccc1Cl)c1cccc(F)c1. The molecule has 0 bridgehead atoms. The summed E-state index contributed by atoms with van der Waals surface area (Å²) in [4.78, 5) is 0. The molecular formula is C17H18Cl2FN. The molecule has 0 aliphatic heterocycles. The van der Waals surface area contributed by atoms with Crippen molar-refractivity contribution in [3.63, 3.8) is 0 Å². The Kier molecular flexibility index (Phi) is 6.04. The number of hydrogen-bond acceptors (Lipinski definition) is 1. The first kappa shape index (κ1) is 16.3. The molecule has 2 aromatic rings. The van der Waals surface area contributed by atoms with Crippen LogP contribution in [0.4, 0.5) is 4.39 Å². The van der Waals surface area contributed by atoms with Gasteiger partial charge in [0.15, 0.2) is 0 Å². The van der Waals surface area contributed by atoms with Crippen molar-refractivity contribution in [3.8, 4) is 0 Å². The molecule has 0 fully saturated rings. The predicted octanol–water partition coefficient (Wildman–Crippen LogP) is 5.07. The zero-order chi connectivity index (χ0) is 15.2. The maximum atomic E-state index is 13.5. The van der Waals surface area contributed by atoms with Gasteiger partial charge in [-0.2, -0.15) is 0 Å². The maximum absolute atomic E-state index is 13.5. The summed E-state index contributed by atoms with van der Waals surface area (Å²) in [7, 11) is 0. The Morgan fingerprint density at radius 3 is 2.38 bits per heavy atom. The first-order valence-corrected chi connectivity index (χ1v) is 7.76. The molecule has 0 saturated heterocycles. The lowest BCUT2D eigenvalue weighted by molar-refractivity contribution is 0.583. The molecule has 0 saturated carbocycles. The van der Waals surface area contributed by atoms with Crippen LogP contribution in [0.1, 0.15) is 24.0 Å². The zero-order valence-electron chi connectivity index (χ0n) is 11.9. The van der Waals surface area contributed by atoms with Gasteiger partial charge in [-0.1, -0.05) is 48.3 Å². The lowest BCUT2D eigenvalue weighted by Crippen LogP contribution is -2.23. The quantitative estimate of drug-likeness (QED) is 0.782. The molecule has 2 aromatic carbocycles. The van der Waals surface area contributed by atoms with Gasteiger partial charge in [0.1, 0.15) is 5.82 Å². The van der Waals surface area contributed by atoms with Gasteiger partial charge in [0.2, 0.25) is 0 Å². The molecule has 0 radical (unpaired) electrons. The van der Waals surface area contributed by atoms with Crippen molar-refractivity contribution in [3.05, 3.63) is 69.5 Å². The standard InChI is InChI=1S/C17H18Cl2FN/c1-2-21-11-13(12-5-3-6-14(20)9-12)10-15-16(18)7-4-8-17(15)19/h3-9,13,21H,2,10-11H2,1H3. The second-order valence-corrected chi connectivity index (χ2v) is 5.78. The molecule has 1 unspecified atom stereocenters. The Morgan fingerprint density at radius 2 is 1.76 bits per heavy atom. The van der Waals surface area contributed by atoms with Crippen molar-refractivity contribution < 1.29 is 4.39 Å². The fraction of sp³-hybridized carbons (Fsp3) is 0.294. The van der Waals surface area contributed by atoms with Crippen molar-refractivity contribution in [2.24, 2.45) is 0 Å². The molecule has 4 heteroatoms. The molecule has 0 heterocycles. The monoisotopic (exact) mass is 325 g/mol. The second kappa shape index (κ2) is 7.79. The normalized spacial score (nSPS) is 12.4. The summed E-state index contributed by atoms with van der Waals surface area (Å²) in [5.74, 6) is -0.0997. The van der Waals surface area contributed by atoms with Gasteiger partial charge in [0, 0.05) is 22.5 Å². The van der Waals surface area contributed by atoms with E-state index in [4.69, 9.17) is 23.2 Å². The smallest absolute Gasteiger partial charge is 0.123 e. The topological polar surface area (TPSA) is 12.0 Å². The lowest BCUT2D eigenvalue weighted by Gasteiger charge is -2.19. The Bertz CT molecular complexity index is 581. The Labute approximate surface area is 135 Å². The van der Waals surface area contributed by atoms with Gasteiger partial charge in [-0.3, -0.25) is 0 Å². The van der Waals surface area contributed by atoms with Crippen LogP contribution in [-0.4, -0.2) is 13.1 Å². The summed E-state index contributed by atoms with van der Waals surface area (Å²) >= 11 is 12.5. The fourth-order valence-electron chi connectivity index (χ4n) is 2.36. The van der Waals surface area contributed by atoms with Gasteiger partial charge in [-0.05, 0) is 48.4 Å². The average Bonchev–Trinajstić information content (AvgIpc) is 2.46. The van der Waals surface area contributed by atoms with E-state index in [1.54, 1.807) is 12.1 Å². The highest BCUT2D eigenvalue weighted by atomic mass is 35.5. The molecule has 112 valence electrons. The molecule has 0 aliphatic rings. The molecule has 0 aromatic heterocycles. The molecule has 21 heavy (non-hydrogen) atoms. The number of benzene rings is 2. The van der Waals surface area contributed by atoms with Gasteiger partial charge in [-0.15, -0.1) is 0 Å². The summed E-state index contributed by atoms with van der Waals surface area (Å²) in [6, 6.07) is 12.2. The minimum absolute atomic E-state index is 0.123. The van der Waals surface area contributed by atoms with Gasteiger partial charge >= 0.3 is 0 Å². The van der Waals surface area contributed by atoms with Crippen LogP contribution in [0.2, 0.25) is 10.0 Å². The summed E-state index contributed by atoms with van der Waals surface area (Å²) in [5, 5.41) is 4.62. The highest BCUT2D eigenvalue weighted by Crippen LogP contribution is 2.30. The van der Waals surface area contributed by atoms with Crippen LogP contribution >= 0.6 is 23.2 Å². The third kappa shape index (κ3) is 4.44. The Hall–Kier alpha value is -1.09. The largest absolute Gasteiger partial charge is 0.316 e. The highest BCUT2D eigenvalue weighted by molar-refractivity contribution is 6.36. The highest BCUT2D eigenvalue weighted by Gasteiger charge is 2.16. The molecule has 0 spiro atoms. The van der Waals surface area contributed by atoms with Crippen LogP contribution in [0, 0.1) is 5.82 Å². The van der Waals surface area contributed by atoms with Gasteiger partial charge < -0.3 is 5.32 Å². The fourth-order valence-corrected chi connectivity index (χ4v) is 2.91. The third-order valence-corrected chi connectivity index (χ3v) is 4.18. The number of hydrogen-bond donors (Lipinski definition) is 1. The number of likely N-dealkylation sites (N-methyl/N-ethyl adjacent to an activating group) is 1. The minimum Gasteiger partial charge on any atom is -0.316 e. The zero-order valence-corrected chi connectivity index (χ0v) is 13.4. The second-order valence-electron chi connectivity index (χ2n) is 4.96. The minimum atomic E-state index is -0.223. The molecule has 1 nitrogen and oxygen atoms in total. The molecule has 1 N–H and O–H groups in total. The van der Waals surface area contributed by atoms with Gasteiger partial charge in [0.25, 0.3) is 0 Å². The number of nitrogens with one attached hydrogen (secondary N) is 1. The summed E-state index contributed by atoms with van der Waals surface area (Å²) in [6.07, 6.45) is 0.676. The van der Waals surface area contributed by atoms with E-state index in [9.17, 15) is 4.39 Å². The number of rotatable bonds is 6. The molecule has 2 rings (SSSR count). The van der Waals surface area contributed by atoms with Crippen molar-refractivity contribution >= 4 is 23.2 Å². The van der Waals surface area contributed by atoms with Gasteiger partial charge in [-0.25, -0.2) is 4.39 Å². The predicted molar refractivity (Wildman–Crippen MR) is 87.9 cm³/mol. The van der Waals surface area contributed by atoms with Gasteiger partial charge in [0.05, 0.1) is 0 Å². The third-order valence-electron chi connectivity index (χ3n) is 3.47. The maximum Gasteiger partial charge on any atom is 0.123 e. The van der Waals surface area contributed by atoms with Crippen LogP contribution in [0.5, 0.6) is 0 Å². The summed E-state index contributed by atoms with van der Waals surface area (Å²) < 4.78 is 13.5. The van der Waals surface area contributed by atoms with Crippen molar-refractivity contribution in [2.75, 3.05) is 13.1 Å². The van der Waals surface area contributed by atoms with Crippen molar-refractivity contribution in [2.45, 2.75) is 19.3 Å². The summed E-state index contributed by atoms with van der Waals surface area (Å²) in [6.45, 7) is 3.66. The first-order chi connectivity index (χ1) is 10.1. The van der Waals surface area contributed by atoms with Crippen LogP contribution in [0.25, 0.3) is 0 Å². The van der Waals surface area contributed by atoms with E-state index in [0.717, 1.165) is 24.2 Å². The van der Waals surface area contributed by atoms with E-state index in [-0.39, 0.29) is 11.7 Å². The van der Waals surface area contributed by atoms with E-state index in [1.165, 1.54) is 6.07 Å². The van der Waals surface area contributed by atoms with Crippen LogP contribution in [0.3, 0.4) is 0 Å². The summed E-state index contributed by atoms with van der Waals surface area (Å²) in [5.41, 5.74) is 1.86. The number of halogens is 3. The van der Waals surface area contributed by atoms with Crippen molar-refractivity contribution in [1.82, 2.24) is 5.32 Å². The van der Waals surface area contributed by atoms with Crippen LogP contribution in [0.15, 0.2) is 42.5 Å². The van der Waals surface area contributed by atoms with E-state index >= 15 is 0 Å². The molecular weight excluding hydrogens is 308 g/mol. The van der Waals surface area contributed by atoms with E-state index in [0.29, 0.717) is 16.5 Å². The van der Waals surface area contributed by atoms with Crippen molar-refractivity contribution in [1.29, 1.82) is 0 Å². The molecule has 0 amide bonds. The molecule has 0 aliphatic carbocycles. The van der Waals surface area contributed by atoms with E-state index < -0.39 is 0 Å². The van der Waals surface area contributed by atoms with Crippen LogP contribution < -0.4 is 5.32 Å². The lowest BCUT2D eigenvalue weighted by atomic mass is 9.91. The van der Waals surface area contributed by atoms with E-state index in [1.807, 2.05) is 31.2 Å². The molecule has 1 atom stereocenters. The Balaban J connectivity index is 2.28.